The molecule has 2 bridgehead atoms. The molecule has 1 aliphatic heterocycles. The Bertz CT molecular complexity index is 738. The van der Waals surface area contributed by atoms with E-state index in [1.54, 1.807) is 0 Å². The van der Waals surface area contributed by atoms with Crippen LogP contribution in [0.1, 0.15) is 90.4 Å². The average Bonchev–Trinajstić information content (AvgIpc) is 3.13. The van der Waals surface area contributed by atoms with E-state index >= 15 is 0 Å². The zero-order valence-electron chi connectivity index (χ0n) is 18.8. The summed E-state index contributed by atoms with van der Waals surface area (Å²) >= 11 is 2.61. The van der Waals surface area contributed by atoms with E-state index in [2.05, 4.69) is 34.8 Å². The van der Waals surface area contributed by atoms with Crippen molar-refractivity contribution in [3.8, 4) is 0 Å². The molecule has 1 N–H and O–H groups in total. The third-order valence-electron chi connectivity index (χ3n) is 9.61. The number of halogens is 1. The molecule has 31 heavy (non-hydrogen) atoms. The van der Waals surface area contributed by atoms with Crippen molar-refractivity contribution in [3.05, 3.63) is 0 Å². The lowest BCUT2D eigenvalue weighted by Crippen LogP contribution is -2.52. The first-order valence-electron chi connectivity index (χ1n) is 12.6. The maximum atomic E-state index is 13.1. The highest BCUT2D eigenvalue weighted by molar-refractivity contribution is 14.1. The number of carbonyl (C=O) groups excluding carboxylic acids is 3. The molecule has 0 aromatic carbocycles. The van der Waals surface area contributed by atoms with Crippen LogP contribution in [0, 0.1) is 29.1 Å². The summed E-state index contributed by atoms with van der Waals surface area (Å²) in [6.45, 7) is 2.30. The first-order valence-corrected chi connectivity index (χ1v) is 13.9. The molecule has 5 nitrogen and oxygen atoms in total. The van der Waals surface area contributed by atoms with Gasteiger partial charge < -0.3 is 5.32 Å². The van der Waals surface area contributed by atoms with Crippen molar-refractivity contribution in [1.29, 1.82) is 0 Å². The van der Waals surface area contributed by atoms with E-state index in [-0.39, 0.29) is 47.1 Å². The number of carbonyl (C=O) groups is 3. The third kappa shape index (κ3) is 3.86. The Morgan fingerprint density at radius 2 is 1.58 bits per heavy atom. The highest BCUT2D eigenvalue weighted by Crippen LogP contribution is 2.57. The number of likely N-dealkylation sites (tertiary alicyclic amines) is 1. The Hall–Kier alpha value is -0.660. The molecule has 0 aromatic heterocycles. The fraction of sp³-hybridized carbons (Fsp3) is 0.880. The third-order valence-corrected chi connectivity index (χ3v) is 10.9. The van der Waals surface area contributed by atoms with Gasteiger partial charge in [-0.3, -0.25) is 19.3 Å². The number of fused-ring (bicyclic) bond motifs is 5. The number of alkyl halides is 1. The van der Waals surface area contributed by atoms with Crippen molar-refractivity contribution in [1.82, 2.24) is 10.2 Å². The van der Waals surface area contributed by atoms with Gasteiger partial charge in [0.15, 0.2) is 0 Å². The Balaban J connectivity index is 1.24. The predicted octanol–water partition coefficient (Wildman–Crippen LogP) is 4.61. The van der Waals surface area contributed by atoms with Crippen LogP contribution in [0.3, 0.4) is 0 Å². The lowest BCUT2D eigenvalue weighted by Gasteiger charge is -2.40. The summed E-state index contributed by atoms with van der Waals surface area (Å²) in [7, 11) is 0. The second-order valence-corrected chi connectivity index (χ2v) is 13.2. The van der Waals surface area contributed by atoms with Crippen molar-refractivity contribution in [2.45, 2.75) is 99.9 Å². The first-order chi connectivity index (χ1) is 14.8. The fourth-order valence-electron chi connectivity index (χ4n) is 7.54. The van der Waals surface area contributed by atoms with Gasteiger partial charge in [-0.15, -0.1) is 0 Å². The topological polar surface area (TPSA) is 66.5 Å². The number of nitrogens with zero attached hydrogens (tertiary/aromatic N) is 1. The van der Waals surface area contributed by atoms with Crippen LogP contribution in [0.15, 0.2) is 0 Å². The number of nitrogens with one attached hydrogen (secondary N) is 1. The van der Waals surface area contributed by atoms with Crippen LogP contribution in [-0.4, -0.2) is 38.6 Å². The van der Waals surface area contributed by atoms with E-state index in [0.29, 0.717) is 11.8 Å². The molecular formula is C25H37IN2O3. The minimum atomic E-state index is -0.139. The lowest BCUT2D eigenvalue weighted by molar-refractivity contribution is -0.144. The minimum Gasteiger partial charge on any atom is -0.349 e. The second-order valence-electron chi connectivity index (χ2n) is 11.4. The minimum absolute atomic E-state index is 0.0696. The molecule has 0 radical (unpaired) electrons. The normalized spacial score (nSPS) is 41.9. The summed E-state index contributed by atoms with van der Waals surface area (Å²) < 4.78 is 0.719. The van der Waals surface area contributed by atoms with Crippen molar-refractivity contribution in [3.63, 3.8) is 0 Å². The molecular weight excluding hydrogens is 503 g/mol. The average molecular weight is 540 g/mol. The highest BCUT2D eigenvalue weighted by Gasteiger charge is 2.61. The van der Waals surface area contributed by atoms with E-state index in [1.165, 1.54) is 43.4 Å². The molecule has 0 spiro atoms. The molecule has 1 heterocycles. The van der Waals surface area contributed by atoms with Gasteiger partial charge >= 0.3 is 0 Å². The molecule has 3 amide bonds. The van der Waals surface area contributed by atoms with Gasteiger partial charge in [0.25, 0.3) is 0 Å². The summed E-state index contributed by atoms with van der Waals surface area (Å²) in [4.78, 5) is 40.4. The summed E-state index contributed by atoms with van der Waals surface area (Å²) in [5.41, 5.74) is -0.0293. The number of imide groups is 1. The van der Waals surface area contributed by atoms with Gasteiger partial charge in [0.1, 0.15) is 6.54 Å². The Labute approximate surface area is 200 Å². The first kappa shape index (κ1) is 22.1. The number of hydrogen-bond acceptors (Lipinski definition) is 3. The number of amides is 3. The molecule has 5 fully saturated rings. The predicted molar refractivity (Wildman–Crippen MR) is 127 cm³/mol. The van der Waals surface area contributed by atoms with Gasteiger partial charge in [-0.05, 0) is 75.0 Å². The summed E-state index contributed by atoms with van der Waals surface area (Å²) in [5.74, 6) is 0.209. The van der Waals surface area contributed by atoms with Crippen molar-refractivity contribution in [2.24, 2.45) is 29.1 Å². The van der Waals surface area contributed by atoms with Crippen LogP contribution in [0.4, 0.5) is 0 Å². The standard InChI is InChI=1S/C25H37IN2O3/c1-24(10-5-3-2-4-6-18(26)9-11-24)25(12-13-25)27-19(29)15-28-22(30)20-16-7-8-17(14-16)21(20)23(28)31/h16-18,20-21H,2-15H2,1H3,(H,27,29). The van der Waals surface area contributed by atoms with Crippen molar-refractivity contribution in [2.75, 3.05) is 6.54 Å². The van der Waals surface area contributed by atoms with Crippen LogP contribution < -0.4 is 5.32 Å². The zero-order chi connectivity index (χ0) is 21.8. The molecule has 6 atom stereocenters. The molecule has 5 aliphatic rings. The van der Waals surface area contributed by atoms with Crippen molar-refractivity contribution >= 4 is 40.3 Å². The Morgan fingerprint density at radius 1 is 0.935 bits per heavy atom. The molecule has 6 heteroatoms. The molecule has 6 unspecified atom stereocenters. The second kappa shape index (κ2) is 8.28. The largest absolute Gasteiger partial charge is 0.349 e. The molecule has 4 saturated carbocycles. The zero-order valence-corrected chi connectivity index (χ0v) is 21.0. The summed E-state index contributed by atoms with van der Waals surface area (Å²) in [6.07, 6.45) is 15.2. The smallest absolute Gasteiger partial charge is 0.240 e. The van der Waals surface area contributed by atoms with Gasteiger partial charge in [-0.1, -0.05) is 55.2 Å². The van der Waals surface area contributed by atoms with Gasteiger partial charge in [0.2, 0.25) is 17.7 Å². The number of hydrogen-bond donors (Lipinski definition) is 1. The van der Waals surface area contributed by atoms with E-state index in [9.17, 15) is 14.4 Å². The van der Waals surface area contributed by atoms with Gasteiger partial charge in [-0.2, -0.15) is 0 Å². The SMILES string of the molecule is CC1(C2(NC(=O)CN3C(=O)C4C5CCC(C5)C4C3=O)CC2)CCCCCCC(I)CC1. The van der Waals surface area contributed by atoms with Gasteiger partial charge in [0.05, 0.1) is 11.8 Å². The van der Waals surface area contributed by atoms with Crippen LogP contribution in [0.2, 0.25) is 0 Å². The van der Waals surface area contributed by atoms with E-state index < -0.39 is 0 Å². The van der Waals surface area contributed by atoms with Gasteiger partial charge in [0, 0.05) is 9.46 Å². The van der Waals surface area contributed by atoms with E-state index in [1.807, 2.05) is 0 Å². The van der Waals surface area contributed by atoms with Crippen LogP contribution in [0.5, 0.6) is 0 Å². The molecule has 5 rings (SSSR count). The fourth-order valence-corrected chi connectivity index (χ4v) is 8.29. The quantitative estimate of drug-likeness (QED) is 0.322. The summed E-state index contributed by atoms with van der Waals surface area (Å²) in [6, 6.07) is 0. The van der Waals surface area contributed by atoms with Gasteiger partial charge in [-0.25, -0.2) is 0 Å². The highest BCUT2D eigenvalue weighted by atomic mass is 127. The Kier molecular flexibility index (Phi) is 5.92. The van der Waals surface area contributed by atoms with Crippen LogP contribution in [0.25, 0.3) is 0 Å². The van der Waals surface area contributed by atoms with Crippen LogP contribution in [-0.2, 0) is 14.4 Å². The maximum Gasteiger partial charge on any atom is 0.240 e. The van der Waals surface area contributed by atoms with Crippen LogP contribution >= 0.6 is 22.6 Å². The lowest BCUT2D eigenvalue weighted by atomic mass is 9.71. The van der Waals surface area contributed by atoms with Crippen molar-refractivity contribution < 1.29 is 14.4 Å². The van der Waals surface area contributed by atoms with E-state index in [0.717, 1.165) is 48.9 Å². The molecule has 172 valence electrons. The molecule has 1 saturated heterocycles. The van der Waals surface area contributed by atoms with E-state index in [4.69, 9.17) is 0 Å². The maximum absolute atomic E-state index is 13.1. The monoisotopic (exact) mass is 540 g/mol. The summed E-state index contributed by atoms with van der Waals surface area (Å²) in [5, 5.41) is 3.36. The Morgan fingerprint density at radius 3 is 2.23 bits per heavy atom. The molecule has 0 aromatic rings. The molecule has 4 aliphatic carbocycles. The number of rotatable bonds is 4.